The molecule has 332 valence electrons. The Morgan fingerprint density at radius 1 is 0.984 bits per heavy atom. The summed E-state index contributed by atoms with van der Waals surface area (Å²) in [7, 11) is 0. The zero-order valence-electron chi connectivity index (χ0n) is 35.8. The molecule has 4 aliphatic rings. The third-order valence-electron chi connectivity index (χ3n) is 13.1. The average Bonchev–Trinajstić information content (AvgIpc) is 3.72. The summed E-state index contributed by atoms with van der Waals surface area (Å²) in [5, 5.41) is 27.5. The number of aliphatic hydroxyl groups is 2. The third-order valence-corrected chi connectivity index (χ3v) is 13.1. The number of furan rings is 1. The number of carbonyl (C=O) groups is 7. The van der Waals surface area contributed by atoms with Crippen molar-refractivity contribution in [3.05, 3.63) is 60.1 Å². The molecule has 3 saturated carbocycles. The van der Waals surface area contributed by atoms with Crippen LogP contribution in [0.3, 0.4) is 0 Å². The maximum absolute atomic E-state index is 15.3. The van der Waals surface area contributed by atoms with Gasteiger partial charge in [0, 0.05) is 43.4 Å². The van der Waals surface area contributed by atoms with E-state index in [2.05, 4.69) is 5.32 Å². The van der Waals surface area contributed by atoms with Gasteiger partial charge in [-0.2, -0.15) is 0 Å². The van der Waals surface area contributed by atoms with Gasteiger partial charge in [-0.05, 0) is 52.0 Å². The van der Waals surface area contributed by atoms with Crippen LogP contribution in [0.2, 0.25) is 0 Å². The summed E-state index contributed by atoms with van der Waals surface area (Å²) >= 11 is 0. The summed E-state index contributed by atoms with van der Waals surface area (Å²) in [5.41, 5.74) is -8.87. The Labute approximate surface area is 353 Å². The number of amides is 1. The predicted octanol–water partition coefficient (Wildman–Crippen LogP) is 3.96. The second kappa shape index (κ2) is 16.3. The Morgan fingerprint density at radius 3 is 2.21 bits per heavy atom. The average molecular weight is 854 g/mol. The van der Waals surface area contributed by atoms with E-state index in [1.54, 1.807) is 52.8 Å². The van der Waals surface area contributed by atoms with E-state index in [9.17, 15) is 34.2 Å². The summed E-state index contributed by atoms with van der Waals surface area (Å²) in [6.07, 6.45) is -8.44. The molecule has 0 radical (unpaired) electrons. The molecule has 3 N–H and O–H groups in total. The lowest BCUT2D eigenvalue weighted by Gasteiger charge is -2.68. The SMILES string of the molecule is CCC(=O)O[C@H]1C[C@H]2OC[C@@]2(OC(C)=O)C2C(OC(=O)c3ccccc3)[C@]3(O)CC(OC(=O)C(O)C(NC(=O)OC(C)(C)C)c4ccco4)C(C)C(C(=O)C(=O)[C@@]21C)C3(C)C. The number of rotatable bonds is 10. The number of Topliss-reactive ketones (excluding diaryl/α,β-unsaturated/α-hetero) is 2. The van der Waals surface area contributed by atoms with Crippen molar-refractivity contribution >= 4 is 41.5 Å². The van der Waals surface area contributed by atoms with Gasteiger partial charge in [-0.15, -0.1) is 0 Å². The zero-order valence-corrected chi connectivity index (χ0v) is 35.8. The number of ether oxygens (including phenoxy) is 6. The summed E-state index contributed by atoms with van der Waals surface area (Å²) in [6, 6.07) is 9.13. The van der Waals surface area contributed by atoms with Crippen LogP contribution in [0.15, 0.2) is 53.1 Å². The van der Waals surface area contributed by atoms with Gasteiger partial charge in [-0.25, -0.2) is 14.4 Å². The van der Waals surface area contributed by atoms with Crippen LogP contribution in [0.4, 0.5) is 4.79 Å². The van der Waals surface area contributed by atoms with Crippen molar-refractivity contribution in [3.8, 4) is 0 Å². The van der Waals surface area contributed by atoms with Crippen LogP contribution in [-0.4, -0.2) is 106 Å². The molecular weight excluding hydrogens is 798 g/mol. The smallest absolute Gasteiger partial charge is 0.408 e. The molecule has 17 nitrogen and oxygen atoms in total. The Morgan fingerprint density at radius 2 is 1.66 bits per heavy atom. The number of aliphatic hydroxyl groups excluding tert-OH is 1. The molecule has 7 unspecified atom stereocenters. The van der Waals surface area contributed by atoms with E-state index in [1.165, 1.54) is 51.3 Å². The third kappa shape index (κ3) is 7.84. The summed E-state index contributed by atoms with van der Waals surface area (Å²) in [6.45, 7) is 13.2. The number of nitrogens with one attached hydrogen (secondary N) is 1. The van der Waals surface area contributed by atoms with Crippen molar-refractivity contribution in [2.75, 3.05) is 6.61 Å². The lowest BCUT2D eigenvalue weighted by Crippen LogP contribution is -2.83. The Kier molecular flexibility index (Phi) is 12.1. The molecule has 2 bridgehead atoms. The van der Waals surface area contributed by atoms with E-state index in [1.807, 2.05) is 0 Å². The van der Waals surface area contributed by atoms with Crippen LogP contribution in [0.1, 0.15) is 104 Å². The molecule has 1 aliphatic heterocycles. The topological polar surface area (TPSA) is 240 Å². The summed E-state index contributed by atoms with van der Waals surface area (Å²) in [5.74, 6) is -9.96. The lowest BCUT2D eigenvalue weighted by atomic mass is 9.42. The number of benzene rings is 1. The maximum Gasteiger partial charge on any atom is 0.408 e. The first kappa shape index (κ1) is 45.4. The molecule has 4 fully saturated rings. The summed E-state index contributed by atoms with van der Waals surface area (Å²) < 4.78 is 41.1. The van der Waals surface area contributed by atoms with Gasteiger partial charge in [0.05, 0.1) is 29.8 Å². The molecule has 12 atom stereocenters. The number of ketones is 2. The normalized spacial score (nSPS) is 33.7. The Hall–Kier alpha value is -5.13. The summed E-state index contributed by atoms with van der Waals surface area (Å²) in [4.78, 5) is 97.6. The molecule has 2 aromatic rings. The van der Waals surface area contributed by atoms with E-state index in [4.69, 9.17) is 32.8 Å². The number of esters is 4. The molecule has 2 heterocycles. The van der Waals surface area contributed by atoms with E-state index in [-0.39, 0.29) is 30.8 Å². The standard InChI is InChI=1S/C44H55NO16/c1-10-29(47)58-27-19-28-43(21-56-28,60-23(3)46)34-36(59-37(51)24-15-12-11-13-16-24)44(54)20-26(22(2)30(41(44,7)8)32(48)35(50)42(27,34)9)57-38(52)33(49)31(25-17-14-18-55-25)45-39(53)61-40(4,5)6/h11-18,22,26-28,30-31,33-34,36,49,54H,10,19-21H2,1-9H3,(H,45,53)/t22?,26?,27-,28+,30?,31?,33?,34?,36?,42+,43-,44+/m0/s1. The van der Waals surface area contributed by atoms with Gasteiger partial charge < -0.3 is 48.4 Å². The number of hydrogen-bond donors (Lipinski definition) is 3. The first-order chi connectivity index (χ1) is 28.4. The highest BCUT2D eigenvalue weighted by Crippen LogP contribution is 2.65. The van der Waals surface area contributed by atoms with Gasteiger partial charge >= 0.3 is 30.0 Å². The first-order valence-corrected chi connectivity index (χ1v) is 20.4. The molecule has 0 spiro atoms. The van der Waals surface area contributed by atoms with E-state index >= 15 is 9.59 Å². The molecule has 1 aromatic carbocycles. The molecule has 1 saturated heterocycles. The fourth-order valence-electron chi connectivity index (χ4n) is 10.0. The monoisotopic (exact) mass is 853 g/mol. The van der Waals surface area contributed by atoms with Gasteiger partial charge in [-0.1, -0.05) is 45.9 Å². The van der Waals surface area contributed by atoms with Crippen molar-refractivity contribution in [2.24, 2.45) is 28.6 Å². The molecule has 61 heavy (non-hydrogen) atoms. The first-order valence-electron chi connectivity index (χ1n) is 20.4. The van der Waals surface area contributed by atoms with E-state index < -0.39 is 130 Å². The predicted molar refractivity (Wildman–Crippen MR) is 209 cm³/mol. The van der Waals surface area contributed by atoms with Gasteiger partial charge in [-0.3, -0.25) is 19.2 Å². The van der Waals surface area contributed by atoms with Crippen molar-refractivity contribution < 1.29 is 76.6 Å². The van der Waals surface area contributed by atoms with Crippen LogP contribution >= 0.6 is 0 Å². The highest BCUT2D eigenvalue weighted by atomic mass is 16.6. The van der Waals surface area contributed by atoms with Gasteiger partial charge in [0.25, 0.3) is 0 Å². The fourth-order valence-corrected chi connectivity index (χ4v) is 10.0. The van der Waals surface area contributed by atoms with Crippen LogP contribution in [0.25, 0.3) is 0 Å². The highest BCUT2D eigenvalue weighted by molar-refractivity contribution is 6.40. The molecule has 3 aliphatic carbocycles. The number of alkyl carbamates (subject to hydrolysis) is 1. The number of fused-ring (bicyclic) bond motifs is 5. The quantitative estimate of drug-likeness (QED) is 0.174. The zero-order chi connectivity index (χ0) is 45.0. The van der Waals surface area contributed by atoms with Gasteiger partial charge in [0.2, 0.25) is 11.6 Å². The van der Waals surface area contributed by atoms with Crippen LogP contribution in [-0.2, 0) is 52.4 Å². The largest absolute Gasteiger partial charge is 0.467 e. The molecular formula is C44H55NO16. The minimum absolute atomic E-state index is 0.0338. The van der Waals surface area contributed by atoms with E-state index in [0.717, 1.165) is 6.92 Å². The van der Waals surface area contributed by atoms with Gasteiger partial charge in [0.1, 0.15) is 47.4 Å². The minimum atomic E-state index is -2.41. The fraction of sp³-hybridized carbons (Fsp3) is 0.614. The molecule has 17 heteroatoms. The second-order valence-corrected chi connectivity index (χ2v) is 18.3. The van der Waals surface area contributed by atoms with Crippen LogP contribution in [0, 0.1) is 28.6 Å². The molecule has 6 rings (SSSR count). The van der Waals surface area contributed by atoms with Crippen molar-refractivity contribution in [1.29, 1.82) is 0 Å². The van der Waals surface area contributed by atoms with Gasteiger partial charge in [0.15, 0.2) is 11.7 Å². The minimum Gasteiger partial charge on any atom is -0.467 e. The van der Waals surface area contributed by atoms with Crippen molar-refractivity contribution in [3.63, 3.8) is 0 Å². The van der Waals surface area contributed by atoms with E-state index in [0.29, 0.717) is 0 Å². The maximum atomic E-state index is 15.3. The van der Waals surface area contributed by atoms with Crippen molar-refractivity contribution in [2.45, 2.75) is 135 Å². The molecule has 1 aromatic heterocycles. The van der Waals surface area contributed by atoms with Crippen LogP contribution < -0.4 is 5.32 Å². The lowest BCUT2D eigenvalue weighted by molar-refractivity contribution is -0.350. The van der Waals surface area contributed by atoms with Crippen LogP contribution in [0.5, 0.6) is 0 Å². The second-order valence-electron chi connectivity index (χ2n) is 18.3. The Bertz CT molecular complexity index is 2040. The number of carbonyl (C=O) groups excluding carboxylic acids is 7. The molecule has 1 amide bonds. The van der Waals surface area contributed by atoms with Crippen molar-refractivity contribution in [1.82, 2.24) is 5.32 Å². The Balaban J connectivity index is 1.50. The highest BCUT2D eigenvalue weighted by Gasteiger charge is 2.80. The number of hydrogen-bond acceptors (Lipinski definition) is 16.